The first-order valence-electron chi connectivity index (χ1n) is 6.93. The second-order valence-electron chi connectivity index (χ2n) is 5.44. The molecule has 1 aliphatic rings. The molecule has 3 unspecified atom stereocenters. The first-order valence-corrected chi connectivity index (χ1v) is 7.98. The number of hydrogen-bond donors (Lipinski definition) is 1. The summed E-state index contributed by atoms with van der Waals surface area (Å²) in [6.07, 6.45) is 5.81. The summed E-state index contributed by atoms with van der Waals surface area (Å²) in [5, 5.41) is 15.6. The van der Waals surface area contributed by atoms with E-state index in [1.54, 1.807) is 0 Å². The van der Waals surface area contributed by atoms with Crippen LogP contribution in [0.25, 0.3) is 0 Å². The fraction of sp³-hybridized carbons (Fsp3) is 0.786. The number of nitrogens with zero attached hydrogens (tertiary/aromatic N) is 2. The average molecular weight is 268 g/mol. The molecule has 2 heterocycles. The van der Waals surface area contributed by atoms with Gasteiger partial charge in [-0.05, 0) is 38.0 Å². The van der Waals surface area contributed by atoms with Gasteiger partial charge in [0.15, 0.2) is 0 Å². The highest BCUT2D eigenvalue weighted by Crippen LogP contribution is 2.36. The zero-order valence-corrected chi connectivity index (χ0v) is 12.4. The molecule has 0 radical (unpaired) electrons. The third-order valence-electron chi connectivity index (χ3n) is 4.07. The zero-order valence-electron chi connectivity index (χ0n) is 11.6. The Bertz CT molecular complexity index is 393. The molecule has 3 atom stereocenters. The Labute approximate surface area is 114 Å². The molecule has 0 spiro atoms. The van der Waals surface area contributed by atoms with E-state index in [-0.39, 0.29) is 0 Å². The molecule has 0 bridgehead atoms. The zero-order chi connectivity index (χ0) is 13.2. The van der Waals surface area contributed by atoms with Crippen molar-refractivity contribution < 1.29 is 5.11 Å². The van der Waals surface area contributed by atoms with Crippen LogP contribution in [0.15, 0.2) is 12.3 Å². The maximum atomic E-state index is 10.7. The predicted molar refractivity (Wildman–Crippen MR) is 77.0 cm³/mol. The normalized spacial score (nSPS) is 30.3. The van der Waals surface area contributed by atoms with Crippen LogP contribution in [0.2, 0.25) is 0 Å². The first-order chi connectivity index (χ1) is 8.55. The molecular formula is C14H24N2OS. The number of thioether (sulfide) groups is 1. The average Bonchev–Trinajstić information content (AvgIpc) is 2.80. The van der Waals surface area contributed by atoms with E-state index in [2.05, 4.69) is 31.9 Å². The second-order valence-corrected chi connectivity index (χ2v) is 6.89. The summed E-state index contributed by atoms with van der Waals surface area (Å²) in [6.45, 7) is 6.47. The third-order valence-corrected chi connectivity index (χ3v) is 5.53. The van der Waals surface area contributed by atoms with Crippen LogP contribution < -0.4 is 0 Å². The van der Waals surface area contributed by atoms with Gasteiger partial charge < -0.3 is 5.11 Å². The monoisotopic (exact) mass is 268 g/mol. The Kier molecular flexibility index (Phi) is 4.38. The lowest BCUT2D eigenvalue weighted by atomic mass is 9.89. The van der Waals surface area contributed by atoms with Gasteiger partial charge in [-0.15, -0.1) is 0 Å². The van der Waals surface area contributed by atoms with Crippen LogP contribution in [0, 0.1) is 0 Å². The fourth-order valence-corrected chi connectivity index (χ4v) is 3.62. The summed E-state index contributed by atoms with van der Waals surface area (Å²) in [4.78, 5) is 0. The van der Waals surface area contributed by atoms with Crippen LogP contribution in [0.1, 0.15) is 51.8 Å². The van der Waals surface area contributed by atoms with Crippen LogP contribution in [0.5, 0.6) is 0 Å². The molecule has 0 amide bonds. The van der Waals surface area contributed by atoms with E-state index in [0.29, 0.717) is 17.7 Å². The van der Waals surface area contributed by atoms with Crippen molar-refractivity contribution in [2.45, 2.75) is 63.3 Å². The van der Waals surface area contributed by atoms with Gasteiger partial charge in [0.2, 0.25) is 0 Å². The standard InChI is InChI=1S/C14H24N2OS/c1-4-11(2)16-8-6-13(15-16)10-14(17)7-5-9-18-12(14)3/h6,8,11-12,17H,4-5,7,9-10H2,1-3H3. The van der Waals surface area contributed by atoms with Gasteiger partial charge in [0.25, 0.3) is 0 Å². The number of aromatic nitrogens is 2. The van der Waals surface area contributed by atoms with Crippen molar-refractivity contribution in [1.82, 2.24) is 9.78 Å². The summed E-state index contributed by atoms with van der Waals surface area (Å²) in [5.41, 5.74) is 0.449. The van der Waals surface area contributed by atoms with Crippen LogP contribution in [0.3, 0.4) is 0 Å². The lowest BCUT2D eigenvalue weighted by Crippen LogP contribution is -2.43. The van der Waals surface area contributed by atoms with E-state index in [4.69, 9.17) is 0 Å². The molecule has 1 N–H and O–H groups in total. The van der Waals surface area contributed by atoms with Gasteiger partial charge in [-0.2, -0.15) is 16.9 Å². The van der Waals surface area contributed by atoms with Crippen LogP contribution in [0.4, 0.5) is 0 Å². The van der Waals surface area contributed by atoms with Gasteiger partial charge in [0.1, 0.15) is 0 Å². The van der Waals surface area contributed by atoms with Gasteiger partial charge in [0.05, 0.1) is 11.3 Å². The molecule has 3 nitrogen and oxygen atoms in total. The lowest BCUT2D eigenvalue weighted by Gasteiger charge is -2.37. The summed E-state index contributed by atoms with van der Waals surface area (Å²) in [5.74, 6) is 1.17. The van der Waals surface area contributed by atoms with Crippen LogP contribution in [-0.2, 0) is 6.42 Å². The Morgan fingerprint density at radius 2 is 2.44 bits per heavy atom. The molecule has 1 aromatic heterocycles. The van der Waals surface area contributed by atoms with Crippen molar-refractivity contribution in [3.8, 4) is 0 Å². The fourth-order valence-electron chi connectivity index (χ4n) is 2.45. The largest absolute Gasteiger partial charge is 0.388 e. The summed E-state index contributed by atoms with van der Waals surface area (Å²) < 4.78 is 2.01. The second kappa shape index (κ2) is 5.66. The highest BCUT2D eigenvalue weighted by molar-refractivity contribution is 8.00. The van der Waals surface area contributed by atoms with E-state index in [9.17, 15) is 5.11 Å². The van der Waals surface area contributed by atoms with Gasteiger partial charge in [0, 0.05) is 23.9 Å². The Morgan fingerprint density at radius 1 is 1.67 bits per heavy atom. The van der Waals surface area contributed by atoms with Crippen LogP contribution in [-0.4, -0.2) is 31.5 Å². The van der Waals surface area contributed by atoms with E-state index >= 15 is 0 Å². The molecule has 4 heteroatoms. The topological polar surface area (TPSA) is 38.0 Å². The minimum atomic E-state index is -0.572. The number of hydrogen-bond acceptors (Lipinski definition) is 3. The Hall–Kier alpha value is -0.480. The smallest absolute Gasteiger partial charge is 0.0819 e. The summed E-state index contributed by atoms with van der Waals surface area (Å²) in [6, 6.07) is 2.49. The molecule has 1 fully saturated rings. The molecule has 0 aromatic carbocycles. The van der Waals surface area contributed by atoms with Crippen molar-refractivity contribution >= 4 is 11.8 Å². The SMILES string of the molecule is CCC(C)n1ccc(CC2(O)CCCSC2C)n1. The molecular weight excluding hydrogens is 244 g/mol. The molecule has 0 saturated carbocycles. The van der Waals surface area contributed by atoms with Crippen molar-refractivity contribution in [2.24, 2.45) is 0 Å². The van der Waals surface area contributed by atoms with E-state index in [0.717, 1.165) is 25.0 Å². The Morgan fingerprint density at radius 3 is 3.11 bits per heavy atom. The third kappa shape index (κ3) is 2.91. The van der Waals surface area contributed by atoms with E-state index < -0.39 is 5.60 Å². The van der Waals surface area contributed by atoms with Gasteiger partial charge in [-0.1, -0.05) is 13.8 Å². The predicted octanol–water partition coefficient (Wildman–Crippen LogP) is 3.04. The molecule has 18 heavy (non-hydrogen) atoms. The highest BCUT2D eigenvalue weighted by atomic mass is 32.2. The van der Waals surface area contributed by atoms with E-state index in [1.807, 2.05) is 22.6 Å². The van der Waals surface area contributed by atoms with Crippen molar-refractivity contribution in [3.05, 3.63) is 18.0 Å². The molecule has 0 aliphatic carbocycles. The molecule has 102 valence electrons. The quantitative estimate of drug-likeness (QED) is 0.912. The summed E-state index contributed by atoms with van der Waals surface area (Å²) >= 11 is 1.88. The van der Waals surface area contributed by atoms with Gasteiger partial charge >= 0.3 is 0 Å². The lowest BCUT2D eigenvalue weighted by molar-refractivity contribution is 0.0287. The number of rotatable bonds is 4. The maximum Gasteiger partial charge on any atom is 0.0819 e. The van der Waals surface area contributed by atoms with Crippen LogP contribution >= 0.6 is 11.8 Å². The van der Waals surface area contributed by atoms with Gasteiger partial charge in [-0.3, -0.25) is 4.68 Å². The molecule has 1 aliphatic heterocycles. The van der Waals surface area contributed by atoms with Gasteiger partial charge in [-0.25, -0.2) is 0 Å². The molecule has 2 rings (SSSR count). The highest BCUT2D eigenvalue weighted by Gasteiger charge is 2.37. The Balaban J connectivity index is 2.06. The molecule has 1 aromatic rings. The maximum absolute atomic E-state index is 10.7. The minimum absolute atomic E-state index is 0.306. The van der Waals surface area contributed by atoms with E-state index in [1.165, 1.54) is 5.75 Å². The van der Waals surface area contributed by atoms with Crippen molar-refractivity contribution in [1.29, 1.82) is 0 Å². The number of aliphatic hydroxyl groups is 1. The molecule has 1 saturated heterocycles. The first kappa shape index (κ1) is 13.9. The van der Waals surface area contributed by atoms with Crippen molar-refractivity contribution in [2.75, 3.05) is 5.75 Å². The summed E-state index contributed by atoms with van der Waals surface area (Å²) in [7, 11) is 0. The minimum Gasteiger partial charge on any atom is -0.388 e. The van der Waals surface area contributed by atoms with Crippen molar-refractivity contribution in [3.63, 3.8) is 0 Å².